The number of rotatable bonds is 9. The summed E-state index contributed by atoms with van der Waals surface area (Å²) in [6, 6.07) is 4.43. The quantitative estimate of drug-likeness (QED) is 0.737. The third-order valence-electron chi connectivity index (χ3n) is 3.99. The molecular weight excluding hydrogens is 270 g/mol. The van der Waals surface area contributed by atoms with E-state index in [0.29, 0.717) is 5.56 Å². The van der Waals surface area contributed by atoms with Crippen molar-refractivity contribution >= 4 is 0 Å². The molecule has 4 heteroatoms. The Labute approximate surface area is 127 Å². The molecule has 0 aliphatic rings. The standard InChI is InChI=1S/C17H28F2N2/c1-5-21(6-2)12-8-9-13(3)20-14(4)15-10-7-11-16(18)17(15)19/h7,10-11,13-14,20H,5-6,8-9,12H2,1-4H3. The fraction of sp³-hybridized carbons (Fsp3) is 0.647. The third kappa shape index (κ3) is 5.71. The Morgan fingerprint density at radius 2 is 1.81 bits per heavy atom. The van der Waals surface area contributed by atoms with Crippen molar-refractivity contribution in [3.8, 4) is 0 Å². The summed E-state index contributed by atoms with van der Waals surface area (Å²) >= 11 is 0. The minimum absolute atomic E-state index is 0.191. The summed E-state index contributed by atoms with van der Waals surface area (Å²) in [5.74, 6) is -1.52. The summed E-state index contributed by atoms with van der Waals surface area (Å²) < 4.78 is 27.0. The number of halogens is 2. The molecule has 2 nitrogen and oxygen atoms in total. The molecule has 0 fully saturated rings. The van der Waals surface area contributed by atoms with Gasteiger partial charge in [0.2, 0.25) is 0 Å². The molecule has 0 heterocycles. The molecule has 1 aromatic carbocycles. The van der Waals surface area contributed by atoms with Gasteiger partial charge in [-0.2, -0.15) is 0 Å². The van der Waals surface area contributed by atoms with Gasteiger partial charge in [0.15, 0.2) is 11.6 Å². The monoisotopic (exact) mass is 298 g/mol. The molecule has 0 radical (unpaired) electrons. The van der Waals surface area contributed by atoms with Crippen LogP contribution < -0.4 is 5.32 Å². The molecule has 0 aliphatic heterocycles. The van der Waals surface area contributed by atoms with Gasteiger partial charge >= 0.3 is 0 Å². The second kappa shape index (κ2) is 9.11. The molecule has 0 spiro atoms. The largest absolute Gasteiger partial charge is 0.308 e. The van der Waals surface area contributed by atoms with Crippen LogP contribution in [-0.4, -0.2) is 30.6 Å². The van der Waals surface area contributed by atoms with Crippen molar-refractivity contribution in [1.29, 1.82) is 0 Å². The van der Waals surface area contributed by atoms with Crippen LogP contribution in [0.1, 0.15) is 52.1 Å². The number of benzene rings is 1. The van der Waals surface area contributed by atoms with Crippen LogP contribution in [0.2, 0.25) is 0 Å². The van der Waals surface area contributed by atoms with Gasteiger partial charge in [-0.3, -0.25) is 0 Å². The predicted molar refractivity (Wildman–Crippen MR) is 84.4 cm³/mol. The average Bonchev–Trinajstić information content (AvgIpc) is 2.46. The van der Waals surface area contributed by atoms with E-state index in [2.05, 4.69) is 31.0 Å². The van der Waals surface area contributed by atoms with Crippen LogP contribution in [0.25, 0.3) is 0 Å². The summed E-state index contributed by atoms with van der Waals surface area (Å²) in [5.41, 5.74) is 0.394. The Bertz CT molecular complexity index is 419. The topological polar surface area (TPSA) is 15.3 Å². The van der Waals surface area contributed by atoms with Gasteiger partial charge in [-0.1, -0.05) is 26.0 Å². The Balaban J connectivity index is 2.43. The number of nitrogens with zero attached hydrogens (tertiary/aromatic N) is 1. The number of hydrogen-bond acceptors (Lipinski definition) is 2. The molecule has 1 N–H and O–H groups in total. The van der Waals surface area contributed by atoms with E-state index in [1.165, 1.54) is 0 Å². The average molecular weight is 298 g/mol. The first-order valence-electron chi connectivity index (χ1n) is 7.91. The predicted octanol–water partition coefficient (Wildman–Crippen LogP) is 4.13. The molecule has 0 aliphatic carbocycles. The van der Waals surface area contributed by atoms with Crippen molar-refractivity contribution in [2.24, 2.45) is 0 Å². The van der Waals surface area contributed by atoms with E-state index in [1.807, 2.05) is 6.92 Å². The van der Waals surface area contributed by atoms with Gasteiger partial charge in [-0.15, -0.1) is 0 Å². The summed E-state index contributed by atoms with van der Waals surface area (Å²) in [5, 5.41) is 3.35. The van der Waals surface area contributed by atoms with Gasteiger partial charge in [-0.25, -0.2) is 8.78 Å². The van der Waals surface area contributed by atoms with Gasteiger partial charge in [0.1, 0.15) is 0 Å². The maximum Gasteiger partial charge on any atom is 0.163 e. The summed E-state index contributed by atoms with van der Waals surface area (Å²) in [6.45, 7) is 11.5. The Morgan fingerprint density at radius 3 is 2.43 bits per heavy atom. The molecule has 120 valence electrons. The highest BCUT2D eigenvalue weighted by molar-refractivity contribution is 5.22. The van der Waals surface area contributed by atoms with Crippen LogP contribution in [0.4, 0.5) is 8.78 Å². The van der Waals surface area contributed by atoms with Gasteiger partial charge in [-0.05, 0) is 52.4 Å². The zero-order valence-electron chi connectivity index (χ0n) is 13.6. The van der Waals surface area contributed by atoms with E-state index >= 15 is 0 Å². The van der Waals surface area contributed by atoms with Crippen LogP contribution in [0.5, 0.6) is 0 Å². The van der Waals surface area contributed by atoms with Crippen molar-refractivity contribution in [2.75, 3.05) is 19.6 Å². The van der Waals surface area contributed by atoms with E-state index in [0.717, 1.165) is 38.5 Å². The van der Waals surface area contributed by atoms with Crippen LogP contribution in [0.3, 0.4) is 0 Å². The lowest BCUT2D eigenvalue weighted by Crippen LogP contribution is -2.31. The molecule has 0 amide bonds. The lowest BCUT2D eigenvalue weighted by atomic mass is 10.1. The first kappa shape index (κ1) is 18.1. The maximum absolute atomic E-state index is 13.7. The second-order valence-corrected chi connectivity index (χ2v) is 5.60. The minimum atomic E-state index is -0.782. The smallest absolute Gasteiger partial charge is 0.163 e. The fourth-order valence-electron chi connectivity index (χ4n) is 2.62. The molecule has 1 rings (SSSR count). The molecule has 2 atom stereocenters. The second-order valence-electron chi connectivity index (χ2n) is 5.60. The van der Waals surface area contributed by atoms with Crippen LogP contribution in [0.15, 0.2) is 18.2 Å². The third-order valence-corrected chi connectivity index (χ3v) is 3.99. The number of nitrogens with one attached hydrogen (secondary N) is 1. The zero-order valence-corrected chi connectivity index (χ0v) is 13.6. The molecule has 2 unspecified atom stereocenters. The highest BCUT2D eigenvalue weighted by atomic mass is 19.2. The molecule has 1 aromatic rings. The lowest BCUT2D eigenvalue weighted by Gasteiger charge is -2.23. The summed E-state index contributed by atoms with van der Waals surface area (Å²) in [4.78, 5) is 2.39. The Hall–Kier alpha value is -1.00. The van der Waals surface area contributed by atoms with Crippen LogP contribution >= 0.6 is 0 Å². The van der Waals surface area contributed by atoms with Gasteiger partial charge in [0.25, 0.3) is 0 Å². The minimum Gasteiger partial charge on any atom is -0.308 e. The van der Waals surface area contributed by atoms with Crippen molar-refractivity contribution in [1.82, 2.24) is 10.2 Å². The Morgan fingerprint density at radius 1 is 1.14 bits per heavy atom. The number of hydrogen-bond donors (Lipinski definition) is 1. The highest BCUT2D eigenvalue weighted by Crippen LogP contribution is 2.19. The normalized spacial score (nSPS) is 14.4. The van der Waals surface area contributed by atoms with Gasteiger partial charge in [0, 0.05) is 17.6 Å². The fourth-order valence-corrected chi connectivity index (χ4v) is 2.62. The molecule has 0 saturated carbocycles. The first-order chi connectivity index (χ1) is 9.99. The van der Waals surface area contributed by atoms with E-state index in [1.54, 1.807) is 12.1 Å². The lowest BCUT2D eigenvalue weighted by molar-refractivity contribution is 0.288. The van der Waals surface area contributed by atoms with E-state index < -0.39 is 11.6 Å². The zero-order chi connectivity index (χ0) is 15.8. The van der Waals surface area contributed by atoms with Crippen LogP contribution in [-0.2, 0) is 0 Å². The van der Waals surface area contributed by atoms with Crippen molar-refractivity contribution in [3.05, 3.63) is 35.4 Å². The van der Waals surface area contributed by atoms with E-state index in [-0.39, 0.29) is 12.1 Å². The molecule has 0 aromatic heterocycles. The van der Waals surface area contributed by atoms with Crippen molar-refractivity contribution < 1.29 is 8.78 Å². The van der Waals surface area contributed by atoms with Crippen molar-refractivity contribution in [2.45, 2.75) is 52.6 Å². The van der Waals surface area contributed by atoms with Crippen LogP contribution in [0, 0.1) is 11.6 Å². The summed E-state index contributed by atoms with van der Waals surface area (Å²) in [7, 11) is 0. The molecular formula is C17H28F2N2. The Kier molecular flexibility index (Phi) is 7.83. The molecule has 0 bridgehead atoms. The maximum atomic E-state index is 13.7. The van der Waals surface area contributed by atoms with E-state index in [9.17, 15) is 8.78 Å². The molecule has 0 saturated heterocycles. The van der Waals surface area contributed by atoms with Crippen molar-refractivity contribution in [3.63, 3.8) is 0 Å². The first-order valence-corrected chi connectivity index (χ1v) is 7.91. The summed E-state index contributed by atoms with van der Waals surface area (Å²) in [6.07, 6.45) is 2.13. The SMILES string of the molecule is CCN(CC)CCCC(C)NC(C)c1cccc(F)c1F. The van der Waals surface area contributed by atoms with Gasteiger partial charge in [0.05, 0.1) is 0 Å². The van der Waals surface area contributed by atoms with Gasteiger partial charge < -0.3 is 10.2 Å². The molecule has 21 heavy (non-hydrogen) atoms. The van der Waals surface area contributed by atoms with E-state index in [4.69, 9.17) is 0 Å². The highest BCUT2D eigenvalue weighted by Gasteiger charge is 2.15.